The average molecular weight is 699 g/mol. The minimum Gasteiger partial charge on any atom is -0.0639 e. The van der Waals surface area contributed by atoms with Gasteiger partial charge in [-0.25, -0.2) is 0 Å². The fourth-order valence-electron chi connectivity index (χ4n) is 9.80. The van der Waals surface area contributed by atoms with Crippen molar-refractivity contribution in [1.29, 1.82) is 0 Å². The fourth-order valence-corrected chi connectivity index (χ4v) is 9.80. The monoisotopic (exact) mass is 698 g/mol. The zero-order chi connectivity index (χ0) is 37.4. The SMILES string of the molecule is CC1=Cc2ccc(-c3ccc4ccccc4c3)cc2C1C(c1ccccc1)(c1ccccc1)C1c2cc(C(C)(C)C)ccc2-c2ccc(C(C)(C)C)cc21. The molecule has 0 saturated heterocycles. The van der Waals surface area contributed by atoms with Crippen LogP contribution < -0.4 is 0 Å². The molecule has 9 rings (SSSR count). The molecule has 0 radical (unpaired) electrons. The van der Waals surface area contributed by atoms with Crippen LogP contribution in [0.15, 0.2) is 163 Å². The Bertz CT molecular complexity index is 2470. The van der Waals surface area contributed by atoms with Crippen LogP contribution in [0.4, 0.5) is 0 Å². The molecule has 266 valence electrons. The average Bonchev–Trinajstić information content (AvgIpc) is 3.69. The second kappa shape index (κ2) is 12.6. The van der Waals surface area contributed by atoms with Gasteiger partial charge in [0, 0.05) is 17.3 Å². The summed E-state index contributed by atoms with van der Waals surface area (Å²) in [6, 6.07) is 60.5. The molecule has 0 heterocycles. The van der Waals surface area contributed by atoms with Crippen molar-refractivity contribution in [3.63, 3.8) is 0 Å². The van der Waals surface area contributed by atoms with Crippen molar-refractivity contribution in [2.75, 3.05) is 0 Å². The molecule has 54 heavy (non-hydrogen) atoms. The molecule has 0 aliphatic heterocycles. The predicted molar refractivity (Wildman–Crippen MR) is 231 cm³/mol. The van der Waals surface area contributed by atoms with Gasteiger partial charge in [-0.15, -0.1) is 0 Å². The molecule has 0 bridgehead atoms. The molecule has 0 N–H and O–H groups in total. The molecular formula is C54H50. The lowest BCUT2D eigenvalue weighted by Gasteiger charge is -2.47. The van der Waals surface area contributed by atoms with Crippen molar-refractivity contribution in [1.82, 2.24) is 0 Å². The van der Waals surface area contributed by atoms with Crippen LogP contribution in [0, 0.1) is 0 Å². The quantitative estimate of drug-likeness (QED) is 0.168. The highest BCUT2D eigenvalue weighted by molar-refractivity contribution is 5.88. The van der Waals surface area contributed by atoms with E-state index in [2.05, 4.69) is 212 Å². The molecule has 2 aliphatic rings. The highest BCUT2D eigenvalue weighted by Gasteiger charge is 2.55. The van der Waals surface area contributed by atoms with Gasteiger partial charge < -0.3 is 0 Å². The molecule has 1 unspecified atom stereocenters. The molecule has 7 aromatic carbocycles. The van der Waals surface area contributed by atoms with E-state index < -0.39 is 5.41 Å². The van der Waals surface area contributed by atoms with Gasteiger partial charge in [-0.05, 0) is 107 Å². The summed E-state index contributed by atoms with van der Waals surface area (Å²) in [5.41, 5.74) is 17.3. The van der Waals surface area contributed by atoms with Gasteiger partial charge in [0.05, 0.1) is 0 Å². The third-order valence-corrected chi connectivity index (χ3v) is 12.5. The topological polar surface area (TPSA) is 0 Å². The summed E-state index contributed by atoms with van der Waals surface area (Å²) in [6.45, 7) is 16.5. The van der Waals surface area contributed by atoms with Gasteiger partial charge in [-0.3, -0.25) is 0 Å². The van der Waals surface area contributed by atoms with Crippen molar-refractivity contribution >= 4 is 16.8 Å². The first kappa shape index (κ1) is 34.3. The van der Waals surface area contributed by atoms with E-state index in [0.717, 1.165) is 0 Å². The second-order valence-electron chi connectivity index (χ2n) is 17.9. The molecule has 0 nitrogen and oxygen atoms in total. The molecule has 7 aromatic rings. The maximum atomic E-state index is 2.57. The van der Waals surface area contributed by atoms with Crippen molar-refractivity contribution in [3.8, 4) is 22.3 Å². The first-order valence-electron chi connectivity index (χ1n) is 19.7. The lowest BCUT2D eigenvalue weighted by molar-refractivity contribution is 0.404. The Labute approximate surface area is 322 Å². The maximum Gasteiger partial charge on any atom is 0.0418 e. The Morgan fingerprint density at radius 3 is 1.44 bits per heavy atom. The highest BCUT2D eigenvalue weighted by Crippen LogP contribution is 2.65. The second-order valence-corrected chi connectivity index (χ2v) is 17.9. The third-order valence-electron chi connectivity index (χ3n) is 12.5. The molecular weight excluding hydrogens is 649 g/mol. The van der Waals surface area contributed by atoms with Crippen molar-refractivity contribution in [2.45, 2.75) is 76.5 Å². The van der Waals surface area contributed by atoms with Gasteiger partial charge in [0.15, 0.2) is 0 Å². The number of hydrogen-bond acceptors (Lipinski definition) is 0. The molecule has 0 saturated carbocycles. The zero-order valence-corrected chi connectivity index (χ0v) is 32.7. The van der Waals surface area contributed by atoms with E-state index in [1.807, 2.05) is 0 Å². The number of allylic oxidation sites excluding steroid dienone is 1. The van der Waals surface area contributed by atoms with Crippen LogP contribution in [-0.2, 0) is 16.2 Å². The third kappa shape index (κ3) is 5.41. The lowest BCUT2D eigenvalue weighted by atomic mass is 9.54. The Morgan fingerprint density at radius 2 is 0.889 bits per heavy atom. The van der Waals surface area contributed by atoms with Gasteiger partial charge in [-0.2, -0.15) is 0 Å². The van der Waals surface area contributed by atoms with E-state index in [-0.39, 0.29) is 22.7 Å². The Balaban J connectivity index is 1.39. The van der Waals surface area contributed by atoms with E-state index >= 15 is 0 Å². The van der Waals surface area contributed by atoms with Crippen LogP contribution in [0.1, 0.15) is 105 Å². The summed E-state index contributed by atoms with van der Waals surface area (Å²) in [5, 5.41) is 2.54. The minimum absolute atomic E-state index is 0.0115. The summed E-state index contributed by atoms with van der Waals surface area (Å²) < 4.78 is 0. The molecule has 0 spiro atoms. The molecule has 1 atom stereocenters. The predicted octanol–water partition coefficient (Wildman–Crippen LogP) is 14.4. The normalized spacial score (nSPS) is 15.5. The molecule has 0 aromatic heterocycles. The largest absolute Gasteiger partial charge is 0.0639 e. The van der Waals surface area contributed by atoms with Crippen LogP contribution in [-0.4, -0.2) is 0 Å². The van der Waals surface area contributed by atoms with Crippen LogP contribution in [0.3, 0.4) is 0 Å². The van der Waals surface area contributed by atoms with Crippen LogP contribution in [0.2, 0.25) is 0 Å². The summed E-state index contributed by atoms with van der Waals surface area (Å²) in [4.78, 5) is 0. The summed E-state index contributed by atoms with van der Waals surface area (Å²) >= 11 is 0. The van der Waals surface area contributed by atoms with Gasteiger partial charge >= 0.3 is 0 Å². The number of hydrogen-bond donors (Lipinski definition) is 0. The Kier molecular flexibility index (Phi) is 7.98. The first-order valence-corrected chi connectivity index (χ1v) is 19.7. The Morgan fingerprint density at radius 1 is 0.389 bits per heavy atom. The smallest absolute Gasteiger partial charge is 0.0418 e. The number of fused-ring (bicyclic) bond motifs is 5. The van der Waals surface area contributed by atoms with Crippen molar-refractivity contribution in [3.05, 3.63) is 208 Å². The summed E-state index contributed by atoms with van der Waals surface area (Å²) in [6.07, 6.45) is 2.47. The van der Waals surface area contributed by atoms with Gasteiger partial charge in [0.1, 0.15) is 0 Å². The van der Waals surface area contributed by atoms with E-state index in [1.54, 1.807) is 0 Å². The molecule has 0 amide bonds. The fraction of sp³-hybridized carbons (Fsp3) is 0.222. The van der Waals surface area contributed by atoms with E-state index in [4.69, 9.17) is 0 Å². The van der Waals surface area contributed by atoms with Crippen molar-refractivity contribution in [2.24, 2.45) is 0 Å². The zero-order valence-electron chi connectivity index (χ0n) is 32.7. The number of benzene rings is 7. The van der Waals surface area contributed by atoms with Gasteiger partial charge in [0.25, 0.3) is 0 Å². The molecule has 2 aliphatic carbocycles. The highest BCUT2D eigenvalue weighted by atomic mass is 14.6. The molecule has 0 fully saturated rings. The van der Waals surface area contributed by atoms with Crippen LogP contribution in [0.25, 0.3) is 39.1 Å². The minimum atomic E-state index is -0.469. The van der Waals surface area contributed by atoms with E-state index in [9.17, 15) is 0 Å². The van der Waals surface area contributed by atoms with E-state index in [1.165, 1.54) is 83.1 Å². The van der Waals surface area contributed by atoms with Gasteiger partial charge in [0.2, 0.25) is 0 Å². The molecule has 0 heteroatoms. The van der Waals surface area contributed by atoms with Gasteiger partial charge in [-0.1, -0.05) is 199 Å². The van der Waals surface area contributed by atoms with Crippen LogP contribution in [0.5, 0.6) is 0 Å². The van der Waals surface area contributed by atoms with E-state index in [0.29, 0.717) is 0 Å². The maximum absolute atomic E-state index is 2.57. The standard InChI is InChI=1S/C54H50/c1-35-30-40-25-24-39(38-23-22-36-16-14-15-17-37(36)31-38)32-47(40)50(35)54(41-18-10-8-11-19-41,42-20-12-9-13-21-42)51-48-33-43(52(2,3)4)26-28-45(48)46-29-27-44(34-49(46)51)53(5,6)7/h8-34,50-51H,1-7H3. The summed E-state index contributed by atoms with van der Waals surface area (Å²) in [5.74, 6) is 0.138. The Hall–Kier alpha value is -5.46. The van der Waals surface area contributed by atoms with Crippen molar-refractivity contribution < 1.29 is 0 Å². The number of rotatable bonds is 5. The van der Waals surface area contributed by atoms with Crippen LogP contribution >= 0.6 is 0 Å². The summed E-state index contributed by atoms with van der Waals surface area (Å²) in [7, 11) is 0. The first-order chi connectivity index (χ1) is 25.9. The lowest BCUT2D eigenvalue weighted by Crippen LogP contribution is -2.41.